The fraction of sp³-hybridized carbons (Fsp3) is 0.277. The average molecular weight is 2540 g/mol. The van der Waals surface area contributed by atoms with Gasteiger partial charge in [0.05, 0.1) is 71.1 Å². The molecule has 655 valence electrons. The molecule has 0 N–H and O–H groups in total. The molecule has 5 aromatic heterocycles. The number of nitrogens with zero attached hydrogens (tertiary/aromatic N) is 7. The fourth-order valence-electron chi connectivity index (χ4n) is 15.4. The fourth-order valence-corrected chi connectivity index (χ4v) is 15.4. The summed E-state index contributed by atoms with van der Waals surface area (Å²) in [6, 6.07) is 68.5. The number of piperidine rings is 1. The van der Waals surface area contributed by atoms with E-state index in [9.17, 15) is 0 Å². The van der Waals surface area contributed by atoms with Gasteiger partial charge in [0.25, 0.3) is 0 Å². The van der Waals surface area contributed by atoms with Crippen LogP contribution in [0.2, 0.25) is 0 Å². The quantitative estimate of drug-likeness (QED) is 0.0662. The molecule has 123 heavy (non-hydrogen) atoms. The van der Waals surface area contributed by atoms with Crippen molar-refractivity contribution in [3.63, 3.8) is 0 Å². The summed E-state index contributed by atoms with van der Waals surface area (Å²) in [6.45, 7) is 23.7. The molecule has 22 heteroatoms. The second-order valence-electron chi connectivity index (χ2n) is 29.1. The van der Waals surface area contributed by atoms with E-state index in [2.05, 4.69) is 206 Å². The van der Waals surface area contributed by atoms with Gasteiger partial charge in [-0.15, -0.1) is 66.2 Å². The largest absolute Gasteiger partial charge is 0.540 e. The van der Waals surface area contributed by atoms with Crippen LogP contribution in [-0.2, 0) is 101 Å². The van der Waals surface area contributed by atoms with Crippen LogP contribution >= 0.6 is 0 Å². The molecule has 2 saturated heterocycles. The molecule has 0 spiro atoms. The van der Waals surface area contributed by atoms with Crippen molar-refractivity contribution >= 4 is 11.4 Å². The van der Waals surface area contributed by atoms with Gasteiger partial charge in [-0.25, -0.2) is 0 Å². The van der Waals surface area contributed by atoms with Crippen LogP contribution in [0.25, 0.3) is 89.7 Å². The van der Waals surface area contributed by atoms with Crippen LogP contribution in [0.3, 0.4) is 0 Å². The summed E-state index contributed by atoms with van der Waals surface area (Å²) in [5.74, 6) is 7.37. The van der Waals surface area contributed by atoms with Gasteiger partial charge in [0.2, 0.25) is 0 Å². The van der Waals surface area contributed by atoms with E-state index >= 15 is 0 Å². The van der Waals surface area contributed by atoms with E-state index in [-0.39, 0.29) is 101 Å². The first-order chi connectivity index (χ1) is 57.2. The van der Waals surface area contributed by atoms with Crippen molar-refractivity contribution in [2.75, 3.05) is 107 Å². The third kappa shape index (κ3) is 26.2. The molecule has 15 rings (SSSR count). The first-order valence-corrected chi connectivity index (χ1v) is 39.5. The molecule has 0 unspecified atom stereocenters. The molecule has 0 saturated carbocycles. The molecule has 0 amide bonds. The number of aryl methyl sites for hydroxylation is 9. The van der Waals surface area contributed by atoms with E-state index in [1.807, 2.05) is 91.4 Å². The number of pyridine rings is 5. The molecule has 17 nitrogen and oxygen atoms in total. The summed E-state index contributed by atoms with van der Waals surface area (Å²) < 4.78 is 53.8. The predicted octanol–water partition coefficient (Wildman–Crippen LogP) is 22.2. The zero-order chi connectivity index (χ0) is 83.9. The van der Waals surface area contributed by atoms with Gasteiger partial charge < -0.3 is 82.1 Å². The first kappa shape index (κ1) is 102. The van der Waals surface area contributed by atoms with Crippen molar-refractivity contribution in [3.8, 4) is 147 Å². The summed E-state index contributed by atoms with van der Waals surface area (Å²) in [5.41, 5.74) is 29.2. The van der Waals surface area contributed by atoms with Crippen molar-refractivity contribution < 1.29 is 148 Å². The van der Waals surface area contributed by atoms with Crippen LogP contribution in [-0.4, -0.2) is 122 Å². The van der Waals surface area contributed by atoms with Gasteiger partial charge in [-0.1, -0.05) is 168 Å². The maximum absolute atomic E-state index is 5.63. The van der Waals surface area contributed by atoms with E-state index in [4.69, 9.17) is 47.4 Å². The second-order valence-corrected chi connectivity index (χ2v) is 29.1. The number of methoxy groups -OCH3 is 10. The number of rotatable bonds is 20. The van der Waals surface area contributed by atoms with Crippen LogP contribution in [0.15, 0.2) is 189 Å². The Bertz CT molecular complexity index is 5540. The Morgan fingerprint density at radius 2 is 0.537 bits per heavy atom. The Labute approximate surface area is 794 Å². The normalized spacial score (nSPS) is 11.5. The summed E-state index contributed by atoms with van der Waals surface area (Å²) in [5, 5.41) is 0. The topological polar surface area (TPSA) is 163 Å². The number of benzene rings is 8. The molecular weight excluding hydrogens is 2430 g/mol. The molecule has 0 atom stereocenters. The van der Waals surface area contributed by atoms with E-state index < -0.39 is 0 Å². The number of hydrogen-bond acceptors (Lipinski definition) is 17. The van der Waals surface area contributed by atoms with Crippen LogP contribution < -0.4 is 57.2 Å². The Kier molecular flexibility index (Phi) is 41.3. The summed E-state index contributed by atoms with van der Waals surface area (Å²) >= 11 is 0. The van der Waals surface area contributed by atoms with E-state index in [0.29, 0.717) is 11.5 Å². The van der Waals surface area contributed by atoms with Gasteiger partial charge in [0.15, 0.2) is 0 Å². The molecule has 7 heterocycles. The van der Waals surface area contributed by atoms with Gasteiger partial charge in [-0.3, -0.25) is 0 Å². The zero-order valence-electron chi connectivity index (χ0n) is 73.1. The molecular formula is C101H106Ir5N7O10-5. The molecule has 2 fully saturated rings. The van der Waals surface area contributed by atoms with Crippen LogP contribution in [0.4, 0.5) is 11.4 Å². The van der Waals surface area contributed by atoms with Crippen LogP contribution in [0, 0.1) is 92.6 Å². The van der Waals surface area contributed by atoms with Gasteiger partial charge in [-0.2, -0.15) is 0 Å². The van der Waals surface area contributed by atoms with Crippen molar-refractivity contribution in [1.29, 1.82) is 0 Å². The second kappa shape index (κ2) is 49.7. The summed E-state index contributed by atoms with van der Waals surface area (Å²) in [6.07, 6.45) is 15.4. The smallest absolute Gasteiger partial charge is 0.113 e. The minimum Gasteiger partial charge on any atom is -0.540 e. The van der Waals surface area contributed by atoms with Gasteiger partial charge in [-0.05, 0) is 188 Å². The molecule has 2 aliphatic heterocycles. The van der Waals surface area contributed by atoms with E-state index in [0.717, 1.165) is 145 Å². The summed E-state index contributed by atoms with van der Waals surface area (Å²) in [7, 11) is 16.5. The summed E-state index contributed by atoms with van der Waals surface area (Å²) in [4.78, 5) is 27.2. The molecule has 5 radical (unpaired) electrons. The zero-order valence-corrected chi connectivity index (χ0v) is 85.1. The van der Waals surface area contributed by atoms with Crippen molar-refractivity contribution in [2.45, 2.75) is 94.4 Å². The third-order valence-corrected chi connectivity index (χ3v) is 20.8. The number of hydrogen-bond donors (Lipinski definition) is 0. The monoisotopic (exact) mass is 2540 g/mol. The van der Waals surface area contributed by atoms with Crippen LogP contribution in [0.1, 0.15) is 82.2 Å². The van der Waals surface area contributed by atoms with Crippen molar-refractivity contribution in [2.24, 2.45) is 0 Å². The SMILES string of the molecule is COc1c[c-]c(-c2cc(-c3c(C)cc(C)cc3C)ccn2)c(OC)c1.COc1c[c-]c(-c2cc(N3CCCC3)ccn2)c(OC)c1.COc1c[c-]c(-c2cc(N3CCCCC3)ccn2)c(OC)c1.COc1ccnc(-c2[c-]cc(-c3c(C)cc(C)cc3C)cc2OC)c1.COc1ccnc(-c2[c-]cc(OC)cc2-c2c(C)cc(C)cc2C)c1.[Ir].[Ir].[Ir].[Ir].[Ir]. The van der Waals surface area contributed by atoms with E-state index in [1.165, 1.54) is 110 Å². The number of anilines is 2. The molecule has 13 aromatic rings. The van der Waals surface area contributed by atoms with Crippen molar-refractivity contribution in [3.05, 3.63) is 269 Å². The average Bonchev–Trinajstić information content (AvgIpc) is 1.02. The minimum atomic E-state index is 0. The Balaban J connectivity index is 0.000000236. The Morgan fingerprint density at radius 3 is 0.902 bits per heavy atom. The van der Waals surface area contributed by atoms with Crippen molar-refractivity contribution in [1.82, 2.24) is 24.9 Å². The minimum absolute atomic E-state index is 0. The molecule has 2 aliphatic rings. The maximum atomic E-state index is 5.63. The van der Waals surface area contributed by atoms with Gasteiger partial charge >= 0.3 is 0 Å². The Hall–Kier alpha value is -9.64. The maximum Gasteiger partial charge on any atom is 0.113 e. The molecule has 8 aromatic carbocycles. The predicted molar refractivity (Wildman–Crippen MR) is 475 cm³/mol. The molecule has 0 bridgehead atoms. The standard InChI is InChI=1S/3C22H22NO2.C18H21N2O2.C17H19N2O2.5Ir/c1-14-10-15(2)22(16(3)11-14)17-8-9-23-20(12-17)19-7-6-18(24-4)13-21(19)25-5;1-14-10-15(2)22(16(3)11-14)17-6-7-19(21(12-17)25-5)20-13-18(24-4)8-9-23-20;1-14-10-15(2)22(16(3)11-14)20-12-17(24-4)6-7-19(20)21-13-18(25-5)8-9-23-21;1-21-15-6-7-16(18(13-15)22-2)17-12-14(8-9-19-17)20-10-4-3-5-11-20;1-20-14-5-6-15(17(12-14)21-2)16-11-13(7-8-18-16)19-9-3-4-10-19;;;;;/h3*6,8-13H,1-5H3;6,8-9,12-13H,3-5,10-11H2,1-2H3;5,7-8,11-12H,3-4,9-10H2,1-2H3;;;;;/q5*-1;;;;;. The van der Waals surface area contributed by atoms with E-state index in [1.54, 1.807) is 89.6 Å². The van der Waals surface area contributed by atoms with Crippen LogP contribution in [0.5, 0.6) is 57.5 Å². The number of aromatic nitrogens is 5. The number of ether oxygens (including phenoxy) is 10. The Morgan fingerprint density at radius 1 is 0.252 bits per heavy atom. The van der Waals surface area contributed by atoms with Gasteiger partial charge in [0.1, 0.15) is 11.5 Å². The molecule has 0 aliphatic carbocycles. The van der Waals surface area contributed by atoms with Gasteiger partial charge in [0, 0.05) is 215 Å². The third-order valence-electron chi connectivity index (χ3n) is 20.8. The first-order valence-electron chi connectivity index (χ1n) is 39.5.